The predicted octanol–water partition coefficient (Wildman–Crippen LogP) is 1.77. The van der Waals surface area contributed by atoms with Crippen molar-refractivity contribution < 1.29 is 23.8 Å². The van der Waals surface area contributed by atoms with E-state index in [1.165, 1.54) is 33.3 Å². The molecule has 0 radical (unpaired) electrons. The number of esters is 1. The van der Waals surface area contributed by atoms with Gasteiger partial charge in [0.05, 0.1) is 14.2 Å². The molecule has 1 amide bonds. The Hall–Kier alpha value is -2.24. The van der Waals surface area contributed by atoms with E-state index in [4.69, 9.17) is 14.2 Å². The third-order valence-electron chi connectivity index (χ3n) is 2.50. The van der Waals surface area contributed by atoms with Crippen LogP contribution in [-0.2, 0) is 4.79 Å². The van der Waals surface area contributed by atoms with E-state index < -0.39 is 5.97 Å². The van der Waals surface area contributed by atoms with Crippen LogP contribution in [0.2, 0.25) is 0 Å². The first kappa shape index (κ1) is 15.8. The Kier molecular flexibility index (Phi) is 5.83. The Morgan fingerprint density at radius 1 is 1.15 bits per heavy atom. The zero-order valence-electron chi connectivity index (χ0n) is 12.1. The number of rotatable bonds is 6. The topological polar surface area (TPSA) is 73.9 Å². The smallest absolute Gasteiger partial charge is 0.308 e. The molecule has 1 aromatic carbocycles. The van der Waals surface area contributed by atoms with Crippen molar-refractivity contribution in [1.82, 2.24) is 5.32 Å². The maximum Gasteiger partial charge on any atom is 0.308 e. The van der Waals surface area contributed by atoms with Gasteiger partial charge in [-0.05, 0) is 6.42 Å². The van der Waals surface area contributed by atoms with Crippen LogP contribution in [0.15, 0.2) is 12.1 Å². The summed E-state index contributed by atoms with van der Waals surface area (Å²) in [5.41, 5.74) is 0.277. The Morgan fingerprint density at radius 2 is 1.70 bits per heavy atom. The summed E-state index contributed by atoms with van der Waals surface area (Å²) in [6.45, 7) is 3.80. The van der Waals surface area contributed by atoms with Gasteiger partial charge in [-0.3, -0.25) is 9.59 Å². The minimum absolute atomic E-state index is 0.262. The van der Waals surface area contributed by atoms with E-state index in [-0.39, 0.29) is 28.7 Å². The van der Waals surface area contributed by atoms with Gasteiger partial charge in [0.1, 0.15) is 22.8 Å². The van der Waals surface area contributed by atoms with Crippen LogP contribution in [0.1, 0.15) is 30.6 Å². The SMILES string of the molecule is CCCNC(=O)c1c(OC)cc(OC(C)=O)cc1OC. The lowest BCUT2D eigenvalue weighted by Gasteiger charge is -2.14. The fourth-order valence-corrected chi connectivity index (χ4v) is 1.66. The highest BCUT2D eigenvalue weighted by molar-refractivity contribution is 6.00. The number of amides is 1. The van der Waals surface area contributed by atoms with Gasteiger partial charge in [-0.2, -0.15) is 0 Å². The first-order chi connectivity index (χ1) is 9.53. The van der Waals surface area contributed by atoms with Crippen molar-refractivity contribution >= 4 is 11.9 Å². The minimum atomic E-state index is -0.461. The van der Waals surface area contributed by atoms with Gasteiger partial charge in [0, 0.05) is 25.6 Å². The summed E-state index contributed by atoms with van der Waals surface area (Å²) < 4.78 is 15.3. The van der Waals surface area contributed by atoms with Gasteiger partial charge in [0.25, 0.3) is 5.91 Å². The Labute approximate surface area is 118 Å². The van der Waals surface area contributed by atoms with Gasteiger partial charge >= 0.3 is 5.97 Å². The van der Waals surface area contributed by atoms with Crippen LogP contribution in [0.3, 0.4) is 0 Å². The monoisotopic (exact) mass is 281 g/mol. The summed E-state index contributed by atoms with van der Waals surface area (Å²) in [7, 11) is 2.87. The average molecular weight is 281 g/mol. The molecular weight excluding hydrogens is 262 g/mol. The van der Waals surface area contributed by atoms with E-state index in [0.717, 1.165) is 6.42 Å². The summed E-state index contributed by atoms with van der Waals surface area (Å²) in [4.78, 5) is 23.1. The lowest BCUT2D eigenvalue weighted by atomic mass is 10.1. The fraction of sp³-hybridized carbons (Fsp3) is 0.429. The summed E-state index contributed by atoms with van der Waals surface area (Å²) in [6.07, 6.45) is 0.821. The number of carbonyl (C=O) groups excluding carboxylic acids is 2. The van der Waals surface area contributed by atoms with E-state index in [1.807, 2.05) is 6.92 Å². The van der Waals surface area contributed by atoms with Crippen LogP contribution in [0.5, 0.6) is 17.2 Å². The molecule has 1 aromatic rings. The van der Waals surface area contributed by atoms with Crippen molar-refractivity contribution in [2.45, 2.75) is 20.3 Å². The van der Waals surface area contributed by atoms with Crippen LogP contribution in [0, 0.1) is 0 Å². The van der Waals surface area contributed by atoms with Crippen LogP contribution >= 0.6 is 0 Å². The molecule has 0 atom stereocenters. The minimum Gasteiger partial charge on any atom is -0.496 e. The van der Waals surface area contributed by atoms with E-state index in [2.05, 4.69) is 5.32 Å². The van der Waals surface area contributed by atoms with Crippen LogP contribution in [0.25, 0.3) is 0 Å². The number of carbonyl (C=O) groups is 2. The number of benzene rings is 1. The largest absolute Gasteiger partial charge is 0.496 e. The summed E-state index contributed by atoms with van der Waals surface area (Å²) in [5.74, 6) is 0.0777. The highest BCUT2D eigenvalue weighted by Crippen LogP contribution is 2.34. The molecule has 0 saturated heterocycles. The van der Waals surface area contributed by atoms with Gasteiger partial charge in [0.15, 0.2) is 0 Å². The van der Waals surface area contributed by atoms with E-state index >= 15 is 0 Å². The second-order valence-electron chi connectivity index (χ2n) is 4.05. The zero-order valence-corrected chi connectivity index (χ0v) is 12.1. The van der Waals surface area contributed by atoms with E-state index in [1.54, 1.807) is 0 Å². The predicted molar refractivity (Wildman–Crippen MR) is 73.5 cm³/mol. The summed E-state index contributed by atoms with van der Waals surface area (Å²) >= 11 is 0. The first-order valence-electron chi connectivity index (χ1n) is 6.26. The number of hydrogen-bond acceptors (Lipinski definition) is 5. The quantitative estimate of drug-likeness (QED) is 0.635. The molecule has 0 aliphatic carbocycles. The zero-order chi connectivity index (χ0) is 15.1. The third-order valence-corrected chi connectivity index (χ3v) is 2.50. The van der Waals surface area contributed by atoms with Crippen molar-refractivity contribution in [3.05, 3.63) is 17.7 Å². The molecule has 1 rings (SSSR count). The first-order valence-corrected chi connectivity index (χ1v) is 6.26. The van der Waals surface area contributed by atoms with Gasteiger partial charge < -0.3 is 19.5 Å². The highest BCUT2D eigenvalue weighted by Gasteiger charge is 2.20. The van der Waals surface area contributed by atoms with Gasteiger partial charge in [-0.25, -0.2) is 0 Å². The molecular formula is C14H19NO5. The normalized spacial score (nSPS) is 9.80. The second kappa shape index (κ2) is 7.37. The van der Waals surface area contributed by atoms with E-state index in [0.29, 0.717) is 6.54 Å². The van der Waals surface area contributed by atoms with Crippen molar-refractivity contribution in [2.24, 2.45) is 0 Å². The van der Waals surface area contributed by atoms with Crippen molar-refractivity contribution in [3.8, 4) is 17.2 Å². The molecule has 6 nitrogen and oxygen atoms in total. The molecule has 0 bridgehead atoms. The molecule has 0 spiro atoms. The highest BCUT2D eigenvalue weighted by atomic mass is 16.5. The van der Waals surface area contributed by atoms with Crippen molar-refractivity contribution in [1.29, 1.82) is 0 Å². The maximum absolute atomic E-state index is 12.1. The summed E-state index contributed by atoms with van der Waals surface area (Å²) in [6, 6.07) is 2.95. The Balaban J connectivity index is 3.20. The molecule has 0 heterocycles. The molecule has 1 N–H and O–H groups in total. The number of methoxy groups -OCH3 is 2. The van der Waals surface area contributed by atoms with Crippen molar-refractivity contribution in [3.63, 3.8) is 0 Å². The molecule has 0 aliphatic heterocycles. The number of nitrogens with one attached hydrogen (secondary N) is 1. The van der Waals surface area contributed by atoms with Gasteiger partial charge in [-0.1, -0.05) is 6.92 Å². The molecule has 0 saturated carbocycles. The molecule has 6 heteroatoms. The van der Waals surface area contributed by atoms with Crippen LogP contribution in [0.4, 0.5) is 0 Å². The Bertz CT molecular complexity index is 473. The number of hydrogen-bond donors (Lipinski definition) is 1. The number of ether oxygens (including phenoxy) is 3. The molecule has 0 aliphatic rings. The van der Waals surface area contributed by atoms with Crippen LogP contribution < -0.4 is 19.5 Å². The standard InChI is InChI=1S/C14H19NO5/c1-5-6-15-14(17)13-11(18-3)7-10(20-9(2)16)8-12(13)19-4/h7-8H,5-6H2,1-4H3,(H,15,17). The average Bonchev–Trinajstić information content (AvgIpc) is 2.42. The third kappa shape index (κ3) is 3.88. The van der Waals surface area contributed by atoms with E-state index in [9.17, 15) is 9.59 Å². The van der Waals surface area contributed by atoms with Gasteiger partial charge in [-0.15, -0.1) is 0 Å². The Morgan fingerprint density at radius 3 is 2.10 bits per heavy atom. The fourth-order valence-electron chi connectivity index (χ4n) is 1.66. The maximum atomic E-state index is 12.1. The second-order valence-corrected chi connectivity index (χ2v) is 4.05. The van der Waals surface area contributed by atoms with Crippen LogP contribution in [-0.4, -0.2) is 32.6 Å². The molecule has 0 aromatic heterocycles. The molecule has 0 unspecified atom stereocenters. The lowest BCUT2D eigenvalue weighted by molar-refractivity contribution is -0.131. The lowest BCUT2D eigenvalue weighted by Crippen LogP contribution is -2.25. The molecule has 0 fully saturated rings. The molecule has 20 heavy (non-hydrogen) atoms. The van der Waals surface area contributed by atoms with Crippen molar-refractivity contribution in [2.75, 3.05) is 20.8 Å². The summed E-state index contributed by atoms with van der Waals surface area (Å²) in [5, 5.41) is 2.75. The van der Waals surface area contributed by atoms with Gasteiger partial charge in [0.2, 0.25) is 0 Å². The molecule has 110 valence electrons.